The third-order valence-corrected chi connectivity index (χ3v) is 10.1. The van der Waals surface area contributed by atoms with Crippen LogP contribution in [0.4, 0.5) is 0 Å². The normalized spacial score (nSPS) is 27.6. The zero-order chi connectivity index (χ0) is 22.2. The summed E-state index contributed by atoms with van der Waals surface area (Å²) in [6.45, 7) is 6.84. The summed E-state index contributed by atoms with van der Waals surface area (Å²) in [7, 11) is 0. The van der Waals surface area contributed by atoms with Crippen LogP contribution >= 0.6 is 27.3 Å². The first-order valence-corrected chi connectivity index (χ1v) is 13.7. The fourth-order valence-corrected chi connectivity index (χ4v) is 8.13. The predicted octanol–water partition coefficient (Wildman–Crippen LogP) is 8.29. The van der Waals surface area contributed by atoms with Crippen molar-refractivity contribution in [3.63, 3.8) is 0 Å². The molecule has 0 saturated heterocycles. The third-order valence-electron chi connectivity index (χ3n) is 7.85. The van der Waals surface area contributed by atoms with Crippen molar-refractivity contribution in [1.82, 2.24) is 0 Å². The molecule has 31 heavy (non-hydrogen) atoms. The van der Waals surface area contributed by atoms with Gasteiger partial charge in [-0.05, 0) is 84.5 Å². The Morgan fingerprint density at radius 2 is 1.94 bits per heavy atom. The standard InChI is InChI=1S/C27H35BrO2S/c1-4-5-9-22-21-16-20(31-25(21)26(29)30)8-6-7-17-12-15-23(28)24(17)18-10-13-19(14-11-18)27(22,2)3/h10-11,13-14,16-17,22-24H,4-9,12,15H2,1-3H3,(H,29,30). The number of aromatic carboxylic acids is 1. The maximum absolute atomic E-state index is 12.2. The Labute approximate surface area is 199 Å². The van der Waals surface area contributed by atoms with E-state index in [1.165, 1.54) is 46.6 Å². The first-order valence-electron chi connectivity index (χ1n) is 11.9. The number of thiophene rings is 1. The van der Waals surface area contributed by atoms with Crippen molar-refractivity contribution in [1.29, 1.82) is 0 Å². The first-order chi connectivity index (χ1) is 14.8. The Hall–Kier alpha value is -1.13. The number of alkyl halides is 1. The topological polar surface area (TPSA) is 37.3 Å². The summed E-state index contributed by atoms with van der Waals surface area (Å²) in [6, 6.07) is 11.6. The fraction of sp³-hybridized carbons (Fsp3) is 0.593. The third kappa shape index (κ3) is 4.53. The van der Waals surface area contributed by atoms with E-state index in [0.717, 1.165) is 37.7 Å². The molecule has 5 rings (SSSR count). The van der Waals surface area contributed by atoms with Crippen LogP contribution in [0.3, 0.4) is 0 Å². The van der Waals surface area contributed by atoms with E-state index in [9.17, 15) is 9.90 Å². The Morgan fingerprint density at radius 1 is 1.19 bits per heavy atom. The number of benzene rings is 1. The van der Waals surface area contributed by atoms with Crippen molar-refractivity contribution in [2.24, 2.45) is 5.92 Å². The number of rotatable bonds is 4. The van der Waals surface area contributed by atoms with Gasteiger partial charge in [-0.25, -0.2) is 4.79 Å². The van der Waals surface area contributed by atoms with Crippen molar-refractivity contribution in [3.05, 3.63) is 56.8 Å². The summed E-state index contributed by atoms with van der Waals surface area (Å²) in [5.41, 5.74) is 3.72. The SMILES string of the molecule is CCCCC1c2cc(sc2C(=O)O)CCCC2CCC(Br)C2c2ccc(cc2)C1(C)C. The maximum atomic E-state index is 12.2. The summed E-state index contributed by atoms with van der Waals surface area (Å²) in [5, 5.41) is 10.0. The van der Waals surface area contributed by atoms with E-state index in [0.29, 0.717) is 21.5 Å². The van der Waals surface area contributed by atoms with Crippen LogP contribution in [0.1, 0.15) is 109 Å². The van der Waals surface area contributed by atoms with E-state index in [2.05, 4.69) is 67.0 Å². The average molecular weight is 504 g/mol. The summed E-state index contributed by atoms with van der Waals surface area (Å²) in [6.07, 6.45) is 9.15. The van der Waals surface area contributed by atoms with Crippen LogP contribution in [0, 0.1) is 5.92 Å². The lowest BCUT2D eigenvalue weighted by Gasteiger charge is -2.36. The molecule has 1 heterocycles. The average Bonchev–Trinajstić information content (AvgIpc) is 3.32. The minimum Gasteiger partial charge on any atom is -0.477 e. The molecule has 4 unspecified atom stereocenters. The molecule has 4 atom stereocenters. The van der Waals surface area contributed by atoms with Crippen molar-refractivity contribution >= 4 is 33.2 Å². The van der Waals surface area contributed by atoms with Gasteiger partial charge in [0.1, 0.15) is 4.88 Å². The van der Waals surface area contributed by atoms with Gasteiger partial charge in [0.15, 0.2) is 0 Å². The predicted molar refractivity (Wildman–Crippen MR) is 134 cm³/mol. The second kappa shape index (κ2) is 9.39. The van der Waals surface area contributed by atoms with E-state index >= 15 is 0 Å². The molecule has 1 aromatic heterocycles. The zero-order valence-corrected chi connectivity index (χ0v) is 21.4. The number of fused-ring (bicyclic) bond motifs is 5. The summed E-state index contributed by atoms with van der Waals surface area (Å²) in [5.74, 6) is 0.744. The maximum Gasteiger partial charge on any atom is 0.346 e. The number of hydrogen-bond donors (Lipinski definition) is 1. The van der Waals surface area contributed by atoms with E-state index < -0.39 is 5.97 Å². The second-order valence-corrected chi connectivity index (χ2v) is 12.4. The van der Waals surface area contributed by atoms with Gasteiger partial charge in [-0.3, -0.25) is 0 Å². The summed E-state index contributed by atoms with van der Waals surface area (Å²) < 4.78 is 0. The molecule has 168 valence electrons. The second-order valence-electron chi connectivity index (χ2n) is 10.1. The van der Waals surface area contributed by atoms with Crippen molar-refractivity contribution in [3.8, 4) is 0 Å². The Morgan fingerprint density at radius 3 is 2.61 bits per heavy atom. The minimum atomic E-state index is -0.763. The molecule has 4 bridgehead atoms. The molecule has 1 saturated carbocycles. The van der Waals surface area contributed by atoms with Crippen LogP contribution < -0.4 is 0 Å². The number of carboxylic acid groups (broad SMARTS) is 1. The molecule has 1 N–H and O–H groups in total. The van der Waals surface area contributed by atoms with E-state index in [4.69, 9.17) is 0 Å². The van der Waals surface area contributed by atoms with E-state index in [-0.39, 0.29) is 11.3 Å². The van der Waals surface area contributed by atoms with E-state index in [1.807, 2.05) is 0 Å². The van der Waals surface area contributed by atoms with Crippen LogP contribution in [0.2, 0.25) is 0 Å². The first kappa shape index (κ1) is 23.0. The van der Waals surface area contributed by atoms with Gasteiger partial charge < -0.3 is 5.11 Å². The van der Waals surface area contributed by atoms with Gasteiger partial charge in [-0.2, -0.15) is 0 Å². The van der Waals surface area contributed by atoms with Gasteiger partial charge in [0, 0.05) is 9.70 Å². The highest BCUT2D eigenvalue weighted by Gasteiger charge is 2.38. The quantitative estimate of drug-likeness (QED) is 0.426. The molecule has 2 aromatic rings. The van der Waals surface area contributed by atoms with Gasteiger partial charge in [0.2, 0.25) is 0 Å². The fourth-order valence-electron chi connectivity index (χ4n) is 6.03. The highest BCUT2D eigenvalue weighted by Crippen LogP contribution is 2.49. The van der Waals surface area contributed by atoms with Crippen LogP contribution in [-0.4, -0.2) is 15.9 Å². The zero-order valence-electron chi connectivity index (χ0n) is 19.0. The number of hydrogen-bond acceptors (Lipinski definition) is 2. The highest BCUT2D eigenvalue weighted by molar-refractivity contribution is 9.09. The van der Waals surface area contributed by atoms with Crippen LogP contribution in [0.5, 0.6) is 0 Å². The van der Waals surface area contributed by atoms with Crippen LogP contribution in [0.15, 0.2) is 30.3 Å². The van der Waals surface area contributed by atoms with Gasteiger partial charge in [-0.15, -0.1) is 11.3 Å². The monoisotopic (exact) mass is 502 g/mol. The van der Waals surface area contributed by atoms with Crippen molar-refractivity contribution in [2.75, 3.05) is 0 Å². The number of carboxylic acids is 1. The molecular formula is C27H35BrO2S. The number of aryl methyl sites for hydroxylation is 1. The molecule has 3 aliphatic rings. The summed E-state index contributed by atoms with van der Waals surface area (Å²) >= 11 is 5.50. The minimum absolute atomic E-state index is 0.122. The molecule has 0 amide bonds. The highest BCUT2D eigenvalue weighted by atomic mass is 79.9. The lowest BCUT2D eigenvalue weighted by atomic mass is 9.68. The molecule has 1 aromatic carbocycles. The Bertz CT molecular complexity index is 914. The molecular weight excluding hydrogens is 468 g/mol. The molecule has 1 fully saturated rings. The molecule has 0 radical (unpaired) electrons. The van der Waals surface area contributed by atoms with Gasteiger partial charge in [0.25, 0.3) is 0 Å². The van der Waals surface area contributed by atoms with Crippen LogP contribution in [0.25, 0.3) is 0 Å². The number of carbonyl (C=O) groups is 1. The number of halogens is 1. The van der Waals surface area contributed by atoms with Crippen molar-refractivity contribution in [2.45, 2.75) is 94.2 Å². The Kier molecular flexibility index (Phi) is 6.98. The lowest BCUT2D eigenvalue weighted by molar-refractivity contribution is 0.0700. The molecule has 3 aliphatic carbocycles. The summed E-state index contributed by atoms with van der Waals surface area (Å²) in [4.78, 5) is 14.6. The Balaban J connectivity index is 1.82. The van der Waals surface area contributed by atoms with Gasteiger partial charge in [-0.1, -0.05) is 73.8 Å². The number of unbranched alkanes of at least 4 members (excludes halogenated alkanes) is 1. The van der Waals surface area contributed by atoms with Crippen molar-refractivity contribution < 1.29 is 9.90 Å². The van der Waals surface area contributed by atoms with Gasteiger partial charge >= 0.3 is 5.97 Å². The largest absolute Gasteiger partial charge is 0.477 e. The van der Waals surface area contributed by atoms with Crippen LogP contribution in [-0.2, 0) is 11.8 Å². The molecule has 0 aliphatic heterocycles. The molecule has 4 heteroatoms. The van der Waals surface area contributed by atoms with Gasteiger partial charge in [0.05, 0.1) is 0 Å². The molecule has 0 spiro atoms. The smallest absolute Gasteiger partial charge is 0.346 e. The van der Waals surface area contributed by atoms with E-state index in [1.54, 1.807) is 0 Å². The molecule has 2 nitrogen and oxygen atoms in total. The lowest BCUT2D eigenvalue weighted by Crippen LogP contribution is -2.28.